The Bertz CT molecular complexity index is 364. The summed E-state index contributed by atoms with van der Waals surface area (Å²) < 4.78 is 0. The van der Waals surface area contributed by atoms with E-state index in [0.29, 0.717) is 5.69 Å². The van der Waals surface area contributed by atoms with Crippen molar-refractivity contribution in [3.8, 4) is 6.07 Å². The number of hydrogen-bond donors (Lipinski definition) is 0. The molecule has 1 fully saturated rings. The van der Waals surface area contributed by atoms with E-state index in [4.69, 9.17) is 5.26 Å². The molecule has 3 nitrogen and oxygen atoms in total. The molecule has 1 aliphatic rings. The van der Waals surface area contributed by atoms with E-state index in [9.17, 15) is 0 Å². The van der Waals surface area contributed by atoms with Gasteiger partial charge >= 0.3 is 0 Å². The molecule has 0 unspecified atom stereocenters. The summed E-state index contributed by atoms with van der Waals surface area (Å²) in [5, 5.41) is 8.78. The van der Waals surface area contributed by atoms with E-state index in [2.05, 4.69) is 16.0 Å². The zero-order valence-corrected chi connectivity index (χ0v) is 9.33. The fraction of sp³-hybridized carbons (Fsp3) is 0.455. The third kappa shape index (κ3) is 2.63. The Kier molecular flexibility index (Phi) is 3.46. The molecule has 1 aromatic heterocycles. The van der Waals surface area contributed by atoms with Crippen LogP contribution in [0.5, 0.6) is 0 Å². The van der Waals surface area contributed by atoms with Gasteiger partial charge in [0.2, 0.25) is 0 Å². The highest BCUT2D eigenvalue weighted by Crippen LogP contribution is 2.16. The van der Waals surface area contributed by atoms with E-state index in [1.807, 2.05) is 23.9 Å². The fourth-order valence-electron chi connectivity index (χ4n) is 1.64. The molecule has 0 spiro atoms. The molecule has 1 aromatic rings. The molecule has 2 rings (SSSR count). The van der Waals surface area contributed by atoms with Crippen LogP contribution in [0.4, 0.5) is 5.82 Å². The van der Waals surface area contributed by atoms with E-state index in [-0.39, 0.29) is 0 Å². The van der Waals surface area contributed by atoms with Crippen LogP contribution < -0.4 is 4.90 Å². The Labute approximate surface area is 94.1 Å². The number of pyridine rings is 1. The number of aromatic nitrogens is 1. The van der Waals surface area contributed by atoms with Crippen molar-refractivity contribution in [3.05, 3.63) is 23.9 Å². The highest BCUT2D eigenvalue weighted by molar-refractivity contribution is 7.99. The summed E-state index contributed by atoms with van der Waals surface area (Å²) in [6, 6.07) is 7.71. The van der Waals surface area contributed by atoms with Crippen LogP contribution in [0.15, 0.2) is 18.2 Å². The number of hydrogen-bond acceptors (Lipinski definition) is 4. The number of anilines is 1. The maximum atomic E-state index is 8.78. The first-order valence-electron chi connectivity index (χ1n) is 5.10. The van der Waals surface area contributed by atoms with Crippen molar-refractivity contribution in [1.29, 1.82) is 5.26 Å². The van der Waals surface area contributed by atoms with Gasteiger partial charge in [0.25, 0.3) is 0 Å². The highest BCUT2D eigenvalue weighted by atomic mass is 32.2. The third-order valence-corrected chi connectivity index (χ3v) is 3.44. The average Bonchev–Trinajstić information content (AvgIpc) is 2.58. The number of nitriles is 1. The van der Waals surface area contributed by atoms with E-state index in [1.54, 1.807) is 6.07 Å². The quantitative estimate of drug-likeness (QED) is 0.723. The molecule has 78 valence electrons. The number of nitrogens with zero attached hydrogens (tertiary/aromatic N) is 3. The molecule has 0 amide bonds. The number of rotatable bonds is 1. The maximum Gasteiger partial charge on any atom is 0.142 e. The minimum Gasteiger partial charge on any atom is -0.356 e. The monoisotopic (exact) mass is 219 g/mol. The zero-order valence-electron chi connectivity index (χ0n) is 8.52. The molecule has 15 heavy (non-hydrogen) atoms. The molecular formula is C11H13N3S. The Hall–Kier alpha value is -1.21. The van der Waals surface area contributed by atoms with Crippen molar-refractivity contribution in [2.24, 2.45) is 0 Å². The van der Waals surface area contributed by atoms with Gasteiger partial charge in [-0.25, -0.2) is 4.98 Å². The van der Waals surface area contributed by atoms with Gasteiger partial charge in [-0.1, -0.05) is 6.07 Å². The maximum absolute atomic E-state index is 8.78. The lowest BCUT2D eigenvalue weighted by Crippen LogP contribution is -2.26. The van der Waals surface area contributed by atoms with E-state index in [0.717, 1.165) is 24.7 Å². The van der Waals surface area contributed by atoms with Crippen LogP contribution in [0.25, 0.3) is 0 Å². The van der Waals surface area contributed by atoms with Crippen molar-refractivity contribution < 1.29 is 0 Å². The first-order valence-corrected chi connectivity index (χ1v) is 6.25. The Morgan fingerprint density at radius 2 is 2.27 bits per heavy atom. The van der Waals surface area contributed by atoms with E-state index in [1.165, 1.54) is 12.2 Å². The normalized spacial score (nSPS) is 16.9. The number of thioether (sulfide) groups is 1. The molecule has 2 heterocycles. The van der Waals surface area contributed by atoms with Gasteiger partial charge < -0.3 is 4.90 Å². The topological polar surface area (TPSA) is 39.9 Å². The van der Waals surface area contributed by atoms with Crippen LogP contribution in [-0.4, -0.2) is 29.6 Å². The van der Waals surface area contributed by atoms with Gasteiger partial charge in [-0.15, -0.1) is 0 Å². The standard InChI is InChI=1S/C11H13N3S/c12-9-10-3-1-4-11(13-10)14-5-2-7-15-8-6-14/h1,3-4H,2,5-8H2. The van der Waals surface area contributed by atoms with Crippen LogP contribution in [0.2, 0.25) is 0 Å². The van der Waals surface area contributed by atoms with Crippen molar-refractivity contribution in [3.63, 3.8) is 0 Å². The molecule has 0 aliphatic carbocycles. The molecule has 4 heteroatoms. The van der Waals surface area contributed by atoms with Crippen molar-refractivity contribution in [2.45, 2.75) is 6.42 Å². The van der Waals surface area contributed by atoms with Crippen LogP contribution in [0.3, 0.4) is 0 Å². The van der Waals surface area contributed by atoms with Crippen molar-refractivity contribution in [2.75, 3.05) is 29.5 Å². The molecule has 0 atom stereocenters. The van der Waals surface area contributed by atoms with Gasteiger partial charge in [-0.3, -0.25) is 0 Å². The van der Waals surface area contributed by atoms with Gasteiger partial charge in [-0.05, 0) is 24.3 Å². The summed E-state index contributed by atoms with van der Waals surface area (Å²) in [6.07, 6.45) is 1.20. The lowest BCUT2D eigenvalue weighted by Gasteiger charge is -2.20. The second kappa shape index (κ2) is 5.04. The second-order valence-corrected chi connectivity index (χ2v) is 4.67. The fourth-order valence-corrected chi connectivity index (χ4v) is 2.52. The Balaban J connectivity index is 2.16. The second-order valence-electron chi connectivity index (χ2n) is 3.45. The molecule has 0 N–H and O–H groups in total. The van der Waals surface area contributed by atoms with Crippen molar-refractivity contribution in [1.82, 2.24) is 4.98 Å². The van der Waals surface area contributed by atoms with Crippen LogP contribution in [-0.2, 0) is 0 Å². The van der Waals surface area contributed by atoms with Gasteiger partial charge in [-0.2, -0.15) is 17.0 Å². The highest BCUT2D eigenvalue weighted by Gasteiger charge is 2.11. The van der Waals surface area contributed by atoms with E-state index >= 15 is 0 Å². The van der Waals surface area contributed by atoms with Gasteiger partial charge in [0.1, 0.15) is 17.6 Å². The van der Waals surface area contributed by atoms with Gasteiger partial charge in [0.15, 0.2) is 0 Å². The van der Waals surface area contributed by atoms with Crippen molar-refractivity contribution >= 4 is 17.6 Å². The summed E-state index contributed by atoms with van der Waals surface area (Å²) in [7, 11) is 0. The SMILES string of the molecule is N#Cc1cccc(N2CCCSCC2)n1. The van der Waals surface area contributed by atoms with Crippen LogP contribution >= 0.6 is 11.8 Å². The largest absolute Gasteiger partial charge is 0.356 e. The molecule has 0 saturated carbocycles. The lowest BCUT2D eigenvalue weighted by molar-refractivity contribution is 0.800. The third-order valence-electron chi connectivity index (χ3n) is 2.40. The van der Waals surface area contributed by atoms with Gasteiger partial charge in [0, 0.05) is 18.8 Å². The van der Waals surface area contributed by atoms with Crippen LogP contribution in [0, 0.1) is 11.3 Å². The molecule has 1 saturated heterocycles. The average molecular weight is 219 g/mol. The smallest absolute Gasteiger partial charge is 0.142 e. The predicted octanol–water partition coefficient (Wildman–Crippen LogP) is 1.90. The van der Waals surface area contributed by atoms with Gasteiger partial charge in [0.05, 0.1) is 0 Å². The summed E-state index contributed by atoms with van der Waals surface area (Å²) >= 11 is 1.99. The Morgan fingerprint density at radius 1 is 1.33 bits per heavy atom. The lowest BCUT2D eigenvalue weighted by atomic mass is 10.3. The molecule has 0 aromatic carbocycles. The Morgan fingerprint density at radius 3 is 3.13 bits per heavy atom. The molecular weight excluding hydrogens is 206 g/mol. The predicted molar refractivity (Wildman–Crippen MR) is 63.1 cm³/mol. The minimum atomic E-state index is 0.504. The van der Waals surface area contributed by atoms with E-state index < -0.39 is 0 Å². The first-order chi connectivity index (χ1) is 7.40. The summed E-state index contributed by atoms with van der Waals surface area (Å²) in [5.41, 5.74) is 0.504. The minimum absolute atomic E-state index is 0.504. The van der Waals surface area contributed by atoms with Crippen LogP contribution in [0.1, 0.15) is 12.1 Å². The first kappa shape index (κ1) is 10.3. The summed E-state index contributed by atoms with van der Waals surface area (Å²) in [5.74, 6) is 3.32. The zero-order chi connectivity index (χ0) is 10.5. The summed E-state index contributed by atoms with van der Waals surface area (Å²) in [6.45, 7) is 2.08. The molecule has 0 radical (unpaired) electrons. The molecule has 0 bridgehead atoms. The summed E-state index contributed by atoms with van der Waals surface area (Å²) in [4.78, 5) is 6.58. The molecule has 1 aliphatic heterocycles.